The van der Waals surface area contributed by atoms with E-state index in [0.29, 0.717) is 0 Å². The summed E-state index contributed by atoms with van der Waals surface area (Å²) in [6, 6.07) is 17.1. The zero-order valence-corrected chi connectivity index (χ0v) is 21.1. The Morgan fingerprint density at radius 2 is 1.21 bits per heavy atom. The molecule has 0 heterocycles. The molecule has 0 aliphatic rings. The van der Waals surface area contributed by atoms with Gasteiger partial charge in [-0.15, -0.1) is 0 Å². The van der Waals surface area contributed by atoms with Gasteiger partial charge in [0.2, 0.25) is 17.7 Å². The molecule has 8 N–H and O–H groups in total. The summed E-state index contributed by atoms with van der Waals surface area (Å²) in [6.07, 6.45) is 0.283. The second-order valence-electron chi connectivity index (χ2n) is 9.07. The van der Waals surface area contributed by atoms with Gasteiger partial charge in [-0.2, -0.15) is 0 Å². The maximum absolute atomic E-state index is 13.1. The van der Waals surface area contributed by atoms with Gasteiger partial charge in [-0.25, -0.2) is 4.79 Å². The molecule has 4 atom stereocenters. The van der Waals surface area contributed by atoms with Gasteiger partial charge in [0.1, 0.15) is 18.1 Å². The summed E-state index contributed by atoms with van der Waals surface area (Å²) in [4.78, 5) is 49.7. The third kappa shape index (κ3) is 8.34. The number of rotatable bonds is 13. The van der Waals surface area contributed by atoms with E-state index in [9.17, 15) is 24.3 Å². The first-order chi connectivity index (χ1) is 18.7. The Morgan fingerprint density at radius 3 is 1.85 bits per heavy atom. The predicted molar refractivity (Wildman–Crippen MR) is 143 cm³/mol. The molecule has 3 rings (SSSR count). The van der Waals surface area contributed by atoms with Crippen molar-refractivity contribution in [2.45, 2.75) is 37.0 Å². The number of hydrogen-bond donors (Lipinski definition) is 7. The summed E-state index contributed by atoms with van der Waals surface area (Å²) >= 11 is 0. The molecule has 0 spiro atoms. The van der Waals surface area contributed by atoms with Crippen molar-refractivity contribution in [3.8, 4) is 0 Å². The summed E-state index contributed by atoms with van der Waals surface area (Å²) in [5.74, 6) is -3.86. The van der Waals surface area contributed by atoms with Gasteiger partial charge in [0.05, 0.1) is 19.3 Å². The van der Waals surface area contributed by atoms with Crippen LogP contribution in [0.4, 0.5) is 0 Å². The largest absolute Gasteiger partial charge is 0.480 e. The molecule has 0 saturated heterocycles. The number of hydrogen-bond acceptors (Lipinski definition) is 7. The Kier molecular flexibility index (Phi) is 10.5. The zero-order chi connectivity index (χ0) is 28.4. The average Bonchev–Trinajstić information content (AvgIpc) is 2.94. The molecule has 0 aliphatic carbocycles. The van der Waals surface area contributed by atoms with Crippen LogP contribution in [0.5, 0.6) is 0 Å². The van der Waals surface area contributed by atoms with E-state index in [2.05, 4.69) is 10.6 Å². The number of carbonyl (C=O) groups excluding carboxylic acids is 3. The van der Waals surface area contributed by atoms with Gasteiger partial charge in [0, 0.05) is 6.42 Å². The van der Waals surface area contributed by atoms with E-state index in [-0.39, 0.29) is 12.8 Å². The van der Waals surface area contributed by atoms with Crippen LogP contribution in [0.1, 0.15) is 11.1 Å². The summed E-state index contributed by atoms with van der Waals surface area (Å²) in [5, 5.41) is 36.9. The summed E-state index contributed by atoms with van der Waals surface area (Å²) < 4.78 is 0. The normalized spacial score (nSPS) is 14.0. The number of nitrogens with two attached hydrogens (primary N) is 1. The van der Waals surface area contributed by atoms with E-state index in [4.69, 9.17) is 15.9 Å². The second kappa shape index (κ2) is 14.0. The number of nitrogens with one attached hydrogen (secondary N) is 3. The first-order valence-electron chi connectivity index (χ1n) is 12.3. The number of fused-ring (bicyclic) bond motifs is 1. The minimum Gasteiger partial charge on any atom is -0.480 e. The molecule has 39 heavy (non-hydrogen) atoms. The highest BCUT2D eigenvalue weighted by molar-refractivity contribution is 5.94. The van der Waals surface area contributed by atoms with E-state index in [1.54, 1.807) is 30.3 Å². The van der Waals surface area contributed by atoms with Gasteiger partial charge >= 0.3 is 5.97 Å². The Labute approximate surface area is 225 Å². The molecular formula is C28H32N4O7. The highest BCUT2D eigenvalue weighted by Gasteiger charge is 2.30. The molecular weight excluding hydrogens is 504 g/mol. The molecule has 0 aromatic heterocycles. The van der Waals surface area contributed by atoms with Crippen LogP contribution >= 0.6 is 0 Å². The van der Waals surface area contributed by atoms with Crippen LogP contribution in [0, 0.1) is 0 Å². The first-order valence-corrected chi connectivity index (χ1v) is 12.3. The van der Waals surface area contributed by atoms with Crippen molar-refractivity contribution in [1.29, 1.82) is 0 Å². The van der Waals surface area contributed by atoms with E-state index >= 15 is 0 Å². The fraction of sp³-hybridized carbons (Fsp3) is 0.286. The molecule has 0 aliphatic heterocycles. The van der Waals surface area contributed by atoms with Crippen LogP contribution in [0.3, 0.4) is 0 Å². The first kappa shape index (κ1) is 29.2. The second-order valence-corrected chi connectivity index (χ2v) is 9.07. The molecule has 206 valence electrons. The molecule has 0 bridgehead atoms. The van der Waals surface area contributed by atoms with Crippen molar-refractivity contribution in [2.75, 3.05) is 13.2 Å². The van der Waals surface area contributed by atoms with Crippen LogP contribution in [0.25, 0.3) is 10.8 Å². The lowest BCUT2D eigenvalue weighted by Crippen LogP contribution is -2.59. The van der Waals surface area contributed by atoms with Gasteiger partial charge in [-0.05, 0) is 28.3 Å². The lowest BCUT2D eigenvalue weighted by atomic mass is 10.0. The fourth-order valence-corrected chi connectivity index (χ4v) is 3.97. The van der Waals surface area contributed by atoms with E-state index in [1.165, 1.54) is 0 Å². The van der Waals surface area contributed by atoms with Crippen LogP contribution in [-0.4, -0.2) is 76.4 Å². The molecule has 3 aromatic rings. The highest BCUT2D eigenvalue weighted by atomic mass is 16.4. The van der Waals surface area contributed by atoms with Crippen molar-refractivity contribution in [2.24, 2.45) is 5.73 Å². The van der Waals surface area contributed by atoms with Gasteiger partial charge in [-0.3, -0.25) is 14.4 Å². The van der Waals surface area contributed by atoms with Gasteiger partial charge in [0.25, 0.3) is 0 Å². The number of carboxylic acid groups (broad SMARTS) is 1. The molecule has 11 nitrogen and oxygen atoms in total. The molecule has 3 amide bonds. The predicted octanol–water partition coefficient (Wildman–Crippen LogP) is -0.524. The third-order valence-corrected chi connectivity index (χ3v) is 6.13. The van der Waals surface area contributed by atoms with Crippen molar-refractivity contribution in [3.63, 3.8) is 0 Å². The molecule has 0 radical (unpaired) electrons. The number of carboxylic acids is 1. The van der Waals surface area contributed by atoms with Crippen molar-refractivity contribution >= 4 is 34.5 Å². The van der Waals surface area contributed by atoms with Crippen molar-refractivity contribution in [3.05, 3.63) is 83.9 Å². The van der Waals surface area contributed by atoms with Crippen molar-refractivity contribution in [1.82, 2.24) is 16.0 Å². The molecule has 0 fully saturated rings. The van der Waals surface area contributed by atoms with Crippen LogP contribution in [0.15, 0.2) is 72.8 Å². The lowest BCUT2D eigenvalue weighted by molar-refractivity contribution is -0.143. The Balaban J connectivity index is 1.71. The molecule has 0 saturated carbocycles. The minimum atomic E-state index is -1.61. The zero-order valence-electron chi connectivity index (χ0n) is 21.1. The Hall–Kier alpha value is -4.32. The fourth-order valence-electron chi connectivity index (χ4n) is 3.97. The number of aliphatic carboxylic acids is 1. The quantitative estimate of drug-likeness (QED) is 0.152. The number of amides is 3. The standard InChI is InChI=1S/C28H32N4O7/c29-21(13-18-10-11-19-8-4-5-9-20(19)12-18)25(35)30-22(14-17-6-2-1-3-7-17)26(36)31-23(15-33)27(37)32-24(16-34)28(38)39/h1-12,21-24,33-34H,13-16,29H2,(H,30,35)(H,31,36)(H,32,37)(H,38,39)/t21-,22-,23-,24-/m1/s1. The lowest BCUT2D eigenvalue weighted by Gasteiger charge is -2.24. The number of aliphatic hydroxyl groups excluding tert-OH is 2. The van der Waals surface area contributed by atoms with Gasteiger partial charge < -0.3 is 37.0 Å². The smallest absolute Gasteiger partial charge is 0.328 e. The minimum absolute atomic E-state index is 0.0647. The number of aliphatic hydroxyl groups is 2. The molecule has 11 heteroatoms. The van der Waals surface area contributed by atoms with Crippen LogP contribution < -0.4 is 21.7 Å². The summed E-state index contributed by atoms with van der Waals surface area (Å²) in [5.41, 5.74) is 7.74. The maximum Gasteiger partial charge on any atom is 0.328 e. The highest BCUT2D eigenvalue weighted by Crippen LogP contribution is 2.16. The monoisotopic (exact) mass is 536 g/mol. The summed E-state index contributed by atoms with van der Waals surface area (Å²) in [7, 11) is 0. The van der Waals surface area contributed by atoms with Gasteiger partial charge in [0.15, 0.2) is 0 Å². The third-order valence-electron chi connectivity index (χ3n) is 6.13. The number of carbonyl (C=O) groups is 4. The van der Waals surface area contributed by atoms with E-state index in [0.717, 1.165) is 21.9 Å². The Bertz CT molecular complexity index is 1300. The van der Waals surface area contributed by atoms with E-state index < -0.39 is 61.1 Å². The van der Waals surface area contributed by atoms with Crippen LogP contribution in [-0.2, 0) is 32.0 Å². The van der Waals surface area contributed by atoms with Crippen molar-refractivity contribution < 1.29 is 34.5 Å². The maximum atomic E-state index is 13.1. The van der Waals surface area contributed by atoms with Gasteiger partial charge in [-0.1, -0.05) is 72.8 Å². The summed E-state index contributed by atoms with van der Waals surface area (Å²) in [6.45, 7) is -1.72. The molecule has 0 unspecified atom stereocenters. The molecule has 3 aromatic carbocycles. The van der Waals surface area contributed by atoms with E-state index in [1.807, 2.05) is 47.8 Å². The SMILES string of the molecule is N[C@H](Cc1ccc2ccccc2c1)C(=O)N[C@H](Cc1ccccc1)C(=O)N[C@H](CO)C(=O)N[C@H](CO)C(=O)O. The topological polar surface area (TPSA) is 191 Å². The average molecular weight is 537 g/mol. The van der Waals surface area contributed by atoms with Crippen LogP contribution in [0.2, 0.25) is 0 Å². The Morgan fingerprint density at radius 1 is 0.641 bits per heavy atom. The number of benzene rings is 3.